The fourth-order valence-electron chi connectivity index (χ4n) is 2.88. The van der Waals surface area contributed by atoms with Crippen molar-refractivity contribution in [1.29, 1.82) is 5.26 Å². The Morgan fingerprint density at radius 1 is 1.11 bits per heavy atom. The summed E-state index contributed by atoms with van der Waals surface area (Å²) >= 11 is 13.5. The number of rotatable bonds is 4. The summed E-state index contributed by atoms with van der Waals surface area (Å²) < 4.78 is 0. The average molecular weight is 414 g/mol. The zero-order chi connectivity index (χ0) is 19.6. The Morgan fingerprint density at radius 2 is 1.81 bits per heavy atom. The van der Waals surface area contributed by atoms with Gasteiger partial charge in [-0.15, -0.1) is 11.3 Å². The SMILES string of the molecule is Cc1cc(C)c(N/C=C(/C#N)c2nc(-c3ccc(Cl)c(Cl)c3)cs2)c(C)c1. The first-order chi connectivity index (χ1) is 12.9. The monoisotopic (exact) mass is 413 g/mol. The van der Waals surface area contributed by atoms with Crippen LogP contribution in [0.15, 0.2) is 41.9 Å². The first-order valence-electron chi connectivity index (χ1n) is 8.25. The molecule has 0 aliphatic carbocycles. The van der Waals surface area contributed by atoms with E-state index in [-0.39, 0.29) is 0 Å². The molecule has 3 rings (SSSR count). The first kappa shape index (κ1) is 19.4. The number of benzene rings is 2. The second-order valence-corrected chi connectivity index (χ2v) is 7.93. The second kappa shape index (κ2) is 8.14. The Labute approximate surface area is 172 Å². The number of hydrogen-bond donors (Lipinski definition) is 1. The number of aryl methyl sites for hydroxylation is 3. The number of allylic oxidation sites excluding steroid dienone is 1. The van der Waals surface area contributed by atoms with Crippen LogP contribution in [0.2, 0.25) is 10.0 Å². The maximum atomic E-state index is 9.57. The van der Waals surface area contributed by atoms with Gasteiger partial charge in [0.15, 0.2) is 0 Å². The predicted molar refractivity (Wildman–Crippen MR) is 115 cm³/mol. The molecule has 0 bridgehead atoms. The van der Waals surface area contributed by atoms with E-state index in [2.05, 4.69) is 35.4 Å². The van der Waals surface area contributed by atoms with Crippen molar-refractivity contribution in [3.8, 4) is 17.3 Å². The molecule has 0 aliphatic heterocycles. The van der Waals surface area contributed by atoms with E-state index in [0.717, 1.165) is 28.1 Å². The Bertz CT molecular complexity index is 1050. The third-order valence-electron chi connectivity index (χ3n) is 4.11. The number of nitriles is 1. The van der Waals surface area contributed by atoms with Gasteiger partial charge in [0.25, 0.3) is 0 Å². The van der Waals surface area contributed by atoms with Crippen LogP contribution in [0.3, 0.4) is 0 Å². The van der Waals surface area contributed by atoms with Crippen LogP contribution < -0.4 is 5.32 Å². The molecule has 6 heteroatoms. The lowest BCUT2D eigenvalue weighted by Crippen LogP contribution is -1.97. The Kier molecular flexibility index (Phi) is 5.86. The molecule has 0 unspecified atom stereocenters. The Balaban J connectivity index is 1.89. The van der Waals surface area contributed by atoms with Gasteiger partial charge < -0.3 is 5.32 Å². The van der Waals surface area contributed by atoms with Crippen molar-refractivity contribution < 1.29 is 0 Å². The highest BCUT2D eigenvalue weighted by molar-refractivity contribution is 7.11. The zero-order valence-corrected chi connectivity index (χ0v) is 17.4. The number of nitrogens with one attached hydrogen (secondary N) is 1. The number of halogens is 2. The van der Waals surface area contributed by atoms with Gasteiger partial charge in [-0.3, -0.25) is 0 Å². The first-order valence-corrected chi connectivity index (χ1v) is 9.88. The van der Waals surface area contributed by atoms with Crippen LogP contribution in [-0.4, -0.2) is 4.98 Å². The molecule has 2 aromatic carbocycles. The predicted octanol–water partition coefficient (Wildman–Crippen LogP) is 7.02. The van der Waals surface area contributed by atoms with Gasteiger partial charge in [-0.05, 0) is 44.0 Å². The summed E-state index contributed by atoms with van der Waals surface area (Å²) in [5, 5.41) is 16.4. The van der Waals surface area contributed by atoms with E-state index in [9.17, 15) is 5.26 Å². The molecule has 0 fully saturated rings. The topological polar surface area (TPSA) is 48.7 Å². The highest BCUT2D eigenvalue weighted by Gasteiger charge is 2.11. The number of thiazole rings is 1. The molecular weight excluding hydrogens is 397 g/mol. The summed E-state index contributed by atoms with van der Waals surface area (Å²) in [6, 6.07) is 11.8. The van der Waals surface area contributed by atoms with Crippen molar-refractivity contribution in [2.75, 3.05) is 5.32 Å². The highest BCUT2D eigenvalue weighted by Crippen LogP contribution is 2.31. The molecular formula is C21H17Cl2N3S. The lowest BCUT2D eigenvalue weighted by molar-refractivity contribution is 1.31. The zero-order valence-electron chi connectivity index (χ0n) is 15.1. The fraction of sp³-hybridized carbons (Fsp3) is 0.143. The Morgan fingerprint density at radius 3 is 2.44 bits per heavy atom. The summed E-state index contributed by atoms with van der Waals surface area (Å²) in [5.74, 6) is 0. The molecule has 0 spiro atoms. The van der Waals surface area contributed by atoms with Crippen molar-refractivity contribution in [3.05, 3.63) is 73.7 Å². The molecule has 136 valence electrons. The summed E-state index contributed by atoms with van der Waals surface area (Å²) in [7, 11) is 0. The molecule has 1 heterocycles. The molecule has 1 aromatic heterocycles. The molecule has 0 saturated heterocycles. The molecule has 27 heavy (non-hydrogen) atoms. The van der Waals surface area contributed by atoms with Crippen LogP contribution in [0.5, 0.6) is 0 Å². The summed E-state index contributed by atoms with van der Waals surface area (Å²) in [4.78, 5) is 4.58. The molecule has 3 aromatic rings. The molecule has 3 nitrogen and oxygen atoms in total. The van der Waals surface area contributed by atoms with Crippen LogP contribution >= 0.6 is 34.5 Å². The van der Waals surface area contributed by atoms with Gasteiger partial charge in [0.1, 0.15) is 16.6 Å². The normalized spacial score (nSPS) is 11.3. The van der Waals surface area contributed by atoms with Crippen molar-refractivity contribution in [2.45, 2.75) is 20.8 Å². The second-order valence-electron chi connectivity index (χ2n) is 6.25. The molecule has 0 saturated carbocycles. The average Bonchev–Trinajstić information content (AvgIpc) is 3.09. The number of hydrogen-bond acceptors (Lipinski definition) is 4. The van der Waals surface area contributed by atoms with Crippen molar-refractivity contribution in [3.63, 3.8) is 0 Å². The van der Waals surface area contributed by atoms with Crippen molar-refractivity contribution >= 4 is 45.8 Å². The fourth-order valence-corrected chi connectivity index (χ4v) is 3.97. The Hall–Kier alpha value is -2.32. The largest absolute Gasteiger partial charge is 0.360 e. The molecule has 1 N–H and O–H groups in total. The third-order valence-corrected chi connectivity index (χ3v) is 5.72. The third kappa shape index (κ3) is 4.33. The summed E-state index contributed by atoms with van der Waals surface area (Å²) in [5.41, 5.74) is 6.60. The van der Waals surface area contributed by atoms with E-state index >= 15 is 0 Å². The minimum absolute atomic E-state index is 0.477. The summed E-state index contributed by atoms with van der Waals surface area (Å²) in [6.07, 6.45) is 1.71. The number of anilines is 1. The van der Waals surface area contributed by atoms with E-state index in [1.54, 1.807) is 18.3 Å². The standard InChI is InChI=1S/C21H17Cl2N3S/c1-12-6-13(2)20(14(3)7-12)25-10-16(9-24)21-26-19(11-27-21)15-4-5-17(22)18(23)8-15/h4-8,10-11,25H,1-3H3/b16-10-. The van der Waals surface area contributed by atoms with Gasteiger partial charge in [0.2, 0.25) is 0 Å². The maximum absolute atomic E-state index is 9.57. The lowest BCUT2D eigenvalue weighted by atomic mass is 10.1. The molecule has 0 aliphatic rings. The minimum atomic E-state index is 0.477. The van der Waals surface area contributed by atoms with Gasteiger partial charge in [0.05, 0.1) is 15.7 Å². The van der Waals surface area contributed by atoms with Crippen LogP contribution in [0, 0.1) is 32.1 Å². The highest BCUT2D eigenvalue weighted by atomic mass is 35.5. The molecule has 0 amide bonds. The lowest BCUT2D eigenvalue weighted by Gasteiger charge is -2.11. The number of nitrogens with zero attached hydrogens (tertiary/aromatic N) is 2. The van der Waals surface area contributed by atoms with Crippen LogP contribution in [0.1, 0.15) is 21.7 Å². The van der Waals surface area contributed by atoms with Crippen molar-refractivity contribution in [2.24, 2.45) is 0 Å². The number of aromatic nitrogens is 1. The van der Waals surface area contributed by atoms with E-state index in [1.165, 1.54) is 16.9 Å². The van der Waals surface area contributed by atoms with Gasteiger partial charge in [-0.2, -0.15) is 5.26 Å². The van der Waals surface area contributed by atoms with Crippen molar-refractivity contribution in [1.82, 2.24) is 4.98 Å². The van der Waals surface area contributed by atoms with Crippen LogP contribution in [0.4, 0.5) is 5.69 Å². The van der Waals surface area contributed by atoms with Gasteiger partial charge in [0, 0.05) is 22.8 Å². The van der Waals surface area contributed by atoms with Gasteiger partial charge >= 0.3 is 0 Å². The van der Waals surface area contributed by atoms with E-state index in [4.69, 9.17) is 23.2 Å². The van der Waals surface area contributed by atoms with Crippen LogP contribution in [0.25, 0.3) is 16.8 Å². The van der Waals surface area contributed by atoms with Gasteiger partial charge in [-0.1, -0.05) is 47.0 Å². The molecule has 0 radical (unpaired) electrons. The minimum Gasteiger partial charge on any atom is -0.360 e. The smallest absolute Gasteiger partial charge is 0.136 e. The quantitative estimate of drug-likeness (QED) is 0.467. The van der Waals surface area contributed by atoms with E-state index < -0.39 is 0 Å². The van der Waals surface area contributed by atoms with Gasteiger partial charge in [-0.25, -0.2) is 4.98 Å². The maximum Gasteiger partial charge on any atom is 0.136 e. The van der Waals surface area contributed by atoms with E-state index in [0.29, 0.717) is 20.6 Å². The molecule has 0 atom stereocenters. The summed E-state index contributed by atoms with van der Waals surface area (Å²) in [6.45, 7) is 6.17. The van der Waals surface area contributed by atoms with Crippen LogP contribution in [-0.2, 0) is 0 Å². The van der Waals surface area contributed by atoms with E-state index in [1.807, 2.05) is 25.3 Å².